The molecule has 2 N–H and O–H groups in total. The number of carbonyl (C=O) groups excluding carboxylic acids is 1. The number of hydrogen-bond donors (Lipinski definition) is 2. The molecule has 1 aliphatic heterocycles. The number of aryl methyl sites for hydroxylation is 1. The van der Waals surface area contributed by atoms with Crippen molar-refractivity contribution in [1.82, 2.24) is 25.5 Å². The number of nitrogens with zero attached hydrogens (tertiary/aromatic N) is 3. The van der Waals surface area contributed by atoms with Gasteiger partial charge in [-0.05, 0) is 62.4 Å². The van der Waals surface area contributed by atoms with Gasteiger partial charge in [-0.3, -0.25) is 20.1 Å². The van der Waals surface area contributed by atoms with Crippen LogP contribution in [0.4, 0.5) is 0 Å². The van der Waals surface area contributed by atoms with Crippen molar-refractivity contribution in [2.45, 2.75) is 50.7 Å². The molecule has 2 aromatic heterocycles. The maximum Gasteiger partial charge on any atom is 0.241 e. The smallest absolute Gasteiger partial charge is 0.241 e. The zero-order valence-corrected chi connectivity index (χ0v) is 15.6. The Hall–Kier alpha value is -2.31. The number of pyridine rings is 2. The summed E-state index contributed by atoms with van der Waals surface area (Å²) in [5.74, 6) is 0.185. The van der Waals surface area contributed by atoms with Gasteiger partial charge in [-0.25, -0.2) is 0 Å². The summed E-state index contributed by atoms with van der Waals surface area (Å²) in [6.07, 6.45) is 8.71. The first-order chi connectivity index (χ1) is 13.3. The lowest BCUT2D eigenvalue weighted by Gasteiger charge is -2.36. The summed E-state index contributed by atoms with van der Waals surface area (Å²) in [5.41, 5.74) is 3.32. The molecule has 2 atom stereocenters. The molecule has 2 aliphatic rings. The molecule has 0 saturated carbocycles. The predicted molar refractivity (Wildman–Crippen MR) is 104 cm³/mol. The van der Waals surface area contributed by atoms with Crippen molar-refractivity contribution in [3.63, 3.8) is 0 Å². The zero-order chi connectivity index (χ0) is 18.5. The average Bonchev–Trinajstić information content (AvgIpc) is 3.26. The zero-order valence-electron chi connectivity index (χ0n) is 15.6. The summed E-state index contributed by atoms with van der Waals surface area (Å²) in [6, 6.07) is 10.00. The molecule has 0 spiro atoms. The van der Waals surface area contributed by atoms with Crippen LogP contribution in [0.15, 0.2) is 42.7 Å². The van der Waals surface area contributed by atoms with Crippen LogP contribution < -0.4 is 10.6 Å². The normalized spacial score (nSPS) is 21.6. The fourth-order valence-electron chi connectivity index (χ4n) is 4.13. The molecule has 0 bridgehead atoms. The van der Waals surface area contributed by atoms with Crippen LogP contribution in [0.2, 0.25) is 0 Å². The van der Waals surface area contributed by atoms with E-state index in [0.717, 1.165) is 50.0 Å². The summed E-state index contributed by atoms with van der Waals surface area (Å²) in [7, 11) is 0. The Morgan fingerprint density at radius 1 is 1.15 bits per heavy atom. The van der Waals surface area contributed by atoms with E-state index < -0.39 is 0 Å². The van der Waals surface area contributed by atoms with Gasteiger partial charge in [0.05, 0.1) is 30.1 Å². The fourth-order valence-corrected chi connectivity index (χ4v) is 4.13. The van der Waals surface area contributed by atoms with Crippen LogP contribution in [0, 0.1) is 0 Å². The molecule has 1 amide bonds. The van der Waals surface area contributed by atoms with Crippen LogP contribution in [0.25, 0.3) is 0 Å². The number of amides is 1. The Bertz CT molecular complexity index is 760. The SMILES string of the molecule is O=C([C@@H]1CCCN1)N(CNCc1ccccn1)C1CCCc2cccnc21. The Kier molecular flexibility index (Phi) is 5.75. The number of aromatic nitrogens is 2. The van der Waals surface area contributed by atoms with Gasteiger partial charge >= 0.3 is 0 Å². The first-order valence-electron chi connectivity index (χ1n) is 9.91. The van der Waals surface area contributed by atoms with E-state index in [0.29, 0.717) is 13.2 Å². The lowest BCUT2D eigenvalue weighted by atomic mass is 9.90. The van der Waals surface area contributed by atoms with Crippen LogP contribution in [-0.4, -0.2) is 40.0 Å². The molecule has 6 heteroatoms. The van der Waals surface area contributed by atoms with Gasteiger partial charge in [0.25, 0.3) is 0 Å². The second-order valence-corrected chi connectivity index (χ2v) is 7.32. The van der Waals surface area contributed by atoms with Crippen molar-refractivity contribution in [1.29, 1.82) is 0 Å². The highest BCUT2D eigenvalue weighted by atomic mass is 16.2. The molecular weight excluding hydrogens is 338 g/mol. The van der Waals surface area contributed by atoms with E-state index in [4.69, 9.17) is 0 Å². The van der Waals surface area contributed by atoms with Crippen LogP contribution in [0.1, 0.15) is 48.7 Å². The summed E-state index contributed by atoms with van der Waals surface area (Å²) >= 11 is 0. The lowest BCUT2D eigenvalue weighted by molar-refractivity contribution is -0.136. The van der Waals surface area contributed by atoms with Gasteiger partial charge in [0.15, 0.2) is 0 Å². The number of fused-ring (bicyclic) bond motifs is 1. The minimum Gasteiger partial charge on any atom is -0.320 e. The van der Waals surface area contributed by atoms with Crippen molar-refractivity contribution in [3.05, 3.63) is 59.7 Å². The molecule has 1 saturated heterocycles. The third-order valence-corrected chi connectivity index (χ3v) is 5.50. The lowest BCUT2D eigenvalue weighted by Crippen LogP contribution is -2.49. The van der Waals surface area contributed by atoms with Gasteiger partial charge in [0.1, 0.15) is 0 Å². The van der Waals surface area contributed by atoms with Crippen molar-refractivity contribution in [2.24, 2.45) is 0 Å². The maximum atomic E-state index is 13.3. The quantitative estimate of drug-likeness (QED) is 0.768. The molecule has 142 valence electrons. The third kappa shape index (κ3) is 4.17. The minimum absolute atomic E-state index is 0.0427. The van der Waals surface area contributed by atoms with Crippen LogP contribution in [0.3, 0.4) is 0 Å². The molecule has 1 aliphatic carbocycles. The van der Waals surface area contributed by atoms with Gasteiger partial charge in [0.2, 0.25) is 5.91 Å². The highest BCUT2D eigenvalue weighted by molar-refractivity contribution is 5.82. The van der Waals surface area contributed by atoms with Crippen molar-refractivity contribution in [2.75, 3.05) is 13.2 Å². The topological polar surface area (TPSA) is 70.2 Å². The Balaban J connectivity index is 1.52. The molecule has 4 rings (SSSR count). The van der Waals surface area contributed by atoms with E-state index in [2.05, 4.69) is 26.7 Å². The Morgan fingerprint density at radius 3 is 2.89 bits per heavy atom. The molecule has 0 aromatic carbocycles. The van der Waals surface area contributed by atoms with E-state index in [1.54, 1.807) is 6.20 Å². The average molecular weight is 365 g/mol. The summed E-state index contributed by atoms with van der Waals surface area (Å²) in [6.45, 7) is 2.07. The molecule has 1 unspecified atom stereocenters. The molecule has 6 nitrogen and oxygen atoms in total. The predicted octanol–water partition coefficient (Wildman–Crippen LogP) is 2.18. The second kappa shape index (κ2) is 8.59. The van der Waals surface area contributed by atoms with Gasteiger partial charge in [0, 0.05) is 18.9 Å². The number of hydrogen-bond acceptors (Lipinski definition) is 5. The standard InChI is InChI=1S/C21H27N5O/c27-21(18-9-5-12-24-18)26(15-22-14-17-8-1-2-11-23-17)19-10-3-6-16-7-4-13-25-20(16)19/h1-2,4,7-8,11,13,18-19,22,24H,3,5-6,9-10,12,14-15H2/t18-,19?/m0/s1. The monoisotopic (exact) mass is 365 g/mol. The van der Waals surface area contributed by atoms with Crippen molar-refractivity contribution < 1.29 is 4.79 Å². The first kappa shape index (κ1) is 18.1. The molecule has 1 fully saturated rings. The molecule has 3 heterocycles. The second-order valence-electron chi connectivity index (χ2n) is 7.32. The summed E-state index contributed by atoms with van der Waals surface area (Å²) in [5, 5.41) is 6.78. The maximum absolute atomic E-state index is 13.3. The van der Waals surface area contributed by atoms with E-state index in [1.165, 1.54) is 5.56 Å². The number of carbonyl (C=O) groups is 1. The molecular formula is C21H27N5O. The van der Waals surface area contributed by atoms with E-state index in [9.17, 15) is 4.79 Å². The van der Waals surface area contributed by atoms with E-state index in [1.807, 2.05) is 35.4 Å². The highest BCUT2D eigenvalue weighted by Crippen LogP contribution is 2.33. The van der Waals surface area contributed by atoms with Crippen LogP contribution in [0.5, 0.6) is 0 Å². The van der Waals surface area contributed by atoms with E-state index >= 15 is 0 Å². The Labute approximate surface area is 160 Å². The number of nitrogens with one attached hydrogen (secondary N) is 2. The summed E-state index contributed by atoms with van der Waals surface area (Å²) < 4.78 is 0. The minimum atomic E-state index is -0.0734. The van der Waals surface area contributed by atoms with Crippen molar-refractivity contribution in [3.8, 4) is 0 Å². The molecule has 27 heavy (non-hydrogen) atoms. The van der Waals surface area contributed by atoms with Crippen LogP contribution >= 0.6 is 0 Å². The van der Waals surface area contributed by atoms with Gasteiger partial charge in [-0.1, -0.05) is 12.1 Å². The fraction of sp³-hybridized carbons (Fsp3) is 0.476. The largest absolute Gasteiger partial charge is 0.320 e. The van der Waals surface area contributed by atoms with E-state index in [-0.39, 0.29) is 18.0 Å². The highest BCUT2D eigenvalue weighted by Gasteiger charge is 2.34. The number of rotatable bonds is 6. The third-order valence-electron chi connectivity index (χ3n) is 5.50. The first-order valence-corrected chi connectivity index (χ1v) is 9.91. The van der Waals surface area contributed by atoms with Gasteiger partial charge in [-0.15, -0.1) is 0 Å². The molecule has 0 radical (unpaired) electrons. The molecule has 2 aromatic rings. The van der Waals surface area contributed by atoms with Gasteiger partial charge < -0.3 is 10.2 Å². The van der Waals surface area contributed by atoms with Gasteiger partial charge in [-0.2, -0.15) is 0 Å². The van der Waals surface area contributed by atoms with Crippen molar-refractivity contribution >= 4 is 5.91 Å². The Morgan fingerprint density at radius 2 is 2.07 bits per heavy atom. The summed E-state index contributed by atoms with van der Waals surface area (Å²) in [4.78, 5) is 24.3. The van der Waals surface area contributed by atoms with Crippen LogP contribution in [-0.2, 0) is 17.8 Å².